The van der Waals surface area contributed by atoms with Gasteiger partial charge < -0.3 is 20.5 Å². The van der Waals surface area contributed by atoms with Gasteiger partial charge in [-0.25, -0.2) is 4.98 Å². The van der Waals surface area contributed by atoms with E-state index in [-0.39, 0.29) is 30.4 Å². The van der Waals surface area contributed by atoms with Crippen LogP contribution in [0.25, 0.3) is 11.0 Å². The van der Waals surface area contributed by atoms with Crippen molar-refractivity contribution in [3.63, 3.8) is 0 Å². The summed E-state index contributed by atoms with van der Waals surface area (Å²) < 4.78 is 0. The molecule has 1 fully saturated rings. The van der Waals surface area contributed by atoms with Crippen LogP contribution >= 0.6 is 24.2 Å². The van der Waals surface area contributed by atoms with E-state index in [0.29, 0.717) is 0 Å². The minimum absolute atomic E-state index is 0. The maximum atomic E-state index is 13.3. The Morgan fingerprint density at radius 2 is 2.10 bits per heavy atom. The van der Waals surface area contributed by atoms with Crippen LogP contribution in [0.5, 0.6) is 0 Å². The summed E-state index contributed by atoms with van der Waals surface area (Å²) in [6, 6.07) is 14.5. The lowest BCUT2D eigenvalue weighted by Crippen LogP contribution is -2.41. The number of H-pyrrole nitrogens is 1. The average Bonchev–Trinajstić information content (AvgIpc) is 3.50. The highest BCUT2D eigenvalue weighted by Crippen LogP contribution is 2.31. The third kappa shape index (κ3) is 4.59. The number of aromatic nitrogens is 2. The monoisotopic (exact) mass is 455 g/mol. The van der Waals surface area contributed by atoms with Crippen molar-refractivity contribution in [1.82, 2.24) is 20.6 Å². The lowest BCUT2D eigenvalue weighted by molar-refractivity contribution is -0.117. The SMILES string of the molecule is Cl.O=C(NC(c1ccccc1)[C@H]1CCCN1)C1=CN(c2ccnc3[nH]ccc23)CCS1. The number of carbonyl (C=O) groups excluding carboxylic acids is 1. The van der Waals surface area contributed by atoms with Gasteiger partial charge in [-0.05, 0) is 37.1 Å². The molecule has 6 nitrogen and oxygen atoms in total. The summed E-state index contributed by atoms with van der Waals surface area (Å²) in [5.41, 5.74) is 3.08. The molecule has 0 spiro atoms. The maximum absolute atomic E-state index is 13.3. The van der Waals surface area contributed by atoms with Crippen LogP contribution < -0.4 is 15.5 Å². The normalized spacial score (nSPS) is 19.5. The molecule has 0 radical (unpaired) electrons. The van der Waals surface area contributed by atoms with E-state index >= 15 is 0 Å². The first-order valence-corrected chi connectivity index (χ1v) is 11.4. The molecule has 0 bridgehead atoms. The number of thioether (sulfide) groups is 1. The number of aromatic amines is 1. The second kappa shape index (κ2) is 9.77. The Hall–Kier alpha value is -2.48. The van der Waals surface area contributed by atoms with Gasteiger partial charge in [0.05, 0.1) is 16.6 Å². The molecule has 1 unspecified atom stereocenters. The Bertz CT molecular complexity index is 1060. The number of hydrogen-bond acceptors (Lipinski definition) is 5. The van der Waals surface area contributed by atoms with Crippen LogP contribution in [0.1, 0.15) is 24.4 Å². The van der Waals surface area contributed by atoms with Gasteiger partial charge in [0.25, 0.3) is 5.91 Å². The van der Waals surface area contributed by atoms with Crippen LogP contribution in [0.15, 0.2) is 66.0 Å². The minimum Gasteiger partial charge on any atom is -0.346 e. The van der Waals surface area contributed by atoms with Crippen molar-refractivity contribution in [2.75, 3.05) is 23.7 Å². The van der Waals surface area contributed by atoms with Crippen molar-refractivity contribution < 1.29 is 4.79 Å². The molecule has 8 heteroatoms. The van der Waals surface area contributed by atoms with Crippen LogP contribution in [-0.4, -0.2) is 40.8 Å². The molecule has 2 aliphatic heterocycles. The summed E-state index contributed by atoms with van der Waals surface area (Å²) in [5.74, 6) is 0.858. The zero-order chi connectivity index (χ0) is 20.3. The van der Waals surface area contributed by atoms with Crippen LogP contribution in [-0.2, 0) is 4.79 Å². The quantitative estimate of drug-likeness (QED) is 0.542. The zero-order valence-corrected chi connectivity index (χ0v) is 18.7. The Morgan fingerprint density at radius 3 is 2.90 bits per heavy atom. The first-order valence-electron chi connectivity index (χ1n) is 10.4. The molecule has 31 heavy (non-hydrogen) atoms. The number of carbonyl (C=O) groups is 1. The fraction of sp³-hybridized carbons (Fsp3) is 0.304. The summed E-state index contributed by atoms with van der Waals surface area (Å²) in [7, 11) is 0. The van der Waals surface area contributed by atoms with E-state index in [9.17, 15) is 4.79 Å². The predicted molar refractivity (Wildman–Crippen MR) is 130 cm³/mol. The Labute approximate surface area is 192 Å². The smallest absolute Gasteiger partial charge is 0.259 e. The van der Waals surface area contributed by atoms with Gasteiger partial charge in [-0.15, -0.1) is 24.2 Å². The molecule has 2 atom stereocenters. The van der Waals surface area contributed by atoms with E-state index in [1.54, 1.807) is 18.0 Å². The van der Waals surface area contributed by atoms with Crippen molar-refractivity contribution in [2.45, 2.75) is 24.9 Å². The number of hydrogen-bond donors (Lipinski definition) is 3. The topological polar surface area (TPSA) is 73.1 Å². The largest absolute Gasteiger partial charge is 0.346 e. The van der Waals surface area contributed by atoms with Gasteiger partial charge in [0.15, 0.2) is 0 Å². The van der Waals surface area contributed by atoms with E-state index in [2.05, 4.69) is 37.6 Å². The maximum Gasteiger partial charge on any atom is 0.259 e. The molecule has 5 rings (SSSR count). The van der Waals surface area contributed by atoms with Crippen LogP contribution in [0.4, 0.5) is 5.69 Å². The molecule has 2 aromatic heterocycles. The summed E-state index contributed by atoms with van der Waals surface area (Å²) >= 11 is 1.62. The first-order chi connectivity index (χ1) is 14.8. The van der Waals surface area contributed by atoms with Gasteiger partial charge in [-0.2, -0.15) is 0 Å². The molecule has 4 heterocycles. The Balaban J connectivity index is 0.00000231. The number of nitrogens with zero attached hydrogens (tertiary/aromatic N) is 2. The van der Waals surface area contributed by atoms with Crippen LogP contribution in [0.2, 0.25) is 0 Å². The second-order valence-electron chi connectivity index (χ2n) is 7.67. The third-order valence-electron chi connectivity index (χ3n) is 5.78. The molecular weight excluding hydrogens is 430 g/mol. The van der Waals surface area contributed by atoms with E-state index < -0.39 is 0 Å². The van der Waals surface area contributed by atoms with Crippen LogP contribution in [0.3, 0.4) is 0 Å². The number of rotatable bonds is 5. The highest BCUT2D eigenvalue weighted by atomic mass is 35.5. The van der Waals surface area contributed by atoms with E-state index in [0.717, 1.165) is 58.9 Å². The van der Waals surface area contributed by atoms with Crippen molar-refractivity contribution >= 4 is 46.8 Å². The van der Waals surface area contributed by atoms with Crippen molar-refractivity contribution in [3.8, 4) is 0 Å². The summed E-state index contributed by atoms with van der Waals surface area (Å²) in [6.07, 6.45) is 7.90. The number of pyridine rings is 1. The lowest BCUT2D eigenvalue weighted by Gasteiger charge is -2.29. The molecule has 162 valence electrons. The molecule has 1 aromatic carbocycles. The fourth-order valence-electron chi connectivity index (χ4n) is 4.29. The summed E-state index contributed by atoms with van der Waals surface area (Å²) in [5, 5.41) is 7.93. The number of amides is 1. The van der Waals surface area contributed by atoms with Gasteiger partial charge in [0.1, 0.15) is 5.65 Å². The van der Waals surface area contributed by atoms with Gasteiger partial charge in [0.2, 0.25) is 0 Å². The summed E-state index contributed by atoms with van der Waals surface area (Å²) in [4.78, 5) is 23.7. The molecule has 1 amide bonds. The molecule has 3 N–H and O–H groups in total. The molecule has 0 aliphatic carbocycles. The third-order valence-corrected chi connectivity index (χ3v) is 6.77. The second-order valence-corrected chi connectivity index (χ2v) is 8.81. The van der Waals surface area contributed by atoms with Crippen molar-refractivity contribution in [2.24, 2.45) is 0 Å². The van der Waals surface area contributed by atoms with Gasteiger partial charge in [-0.1, -0.05) is 30.3 Å². The van der Waals surface area contributed by atoms with Crippen molar-refractivity contribution in [3.05, 3.63) is 71.5 Å². The predicted octanol–water partition coefficient (Wildman–Crippen LogP) is 3.99. The molecule has 2 aliphatic rings. The van der Waals surface area contributed by atoms with Crippen molar-refractivity contribution in [1.29, 1.82) is 0 Å². The number of fused-ring (bicyclic) bond motifs is 1. The molecular formula is C23H26ClN5OS. The number of anilines is 1. The van der Waals surface area contributed by atoms with Gasteiger partial charge in [-0.3, -0.25) is 4.79 Å². The number of nitrogens with one attached hydrogen (secondary N) is 3. The highest BCUT2D eigenvalue weighted by molar-refractivity contribution is 8.04. The fourth-order valence-corrected chi connectivity index (χ4v) is 5.19. The minimum atomic E-state index is -0.0321. The van der Waals surface area contributed by atoms with E-state index in [1.165, 1.54) is 0 Å². The number of benzene rings is 1. The van der Waals surface area contributed by atoms with Gasteiger partial charge in [0, 0.05) is 42.3 Å². The average molecular weight is 456 g/mol. The summed E-state index contributed by atoms with van der Waals surface area (Å²) in [6.45, 7) is 1.86. The lowest BCUT2D eigenvalue weighted by atomic mass is 9.98. The highest BCUT2D eigenvalue weighted by Gasteiger charge is 2.29. The molecule has 1 saturated heterocycles. The number of halogens is 1. The Morgan fingerprint density at radius 1 is 1.23 bits per heavy atom. The Kier molecular flexibility index (Phi) is 6.85. The van der Waals surface area contributed by atoms with Gasteiger partial charge >= 0.3 is 0 Å². The first kappa shape index (κ1) is 21.7. The molecule has 0 saturated carbocycles. The molecule has 3 aromatic rings. The zero-order valence-electron chi connectivity index (χ0n) is 17.1. The van der Waals surface area contributed by atoms with Crippen LogP contribution in [0, 0.1) is 0 Å². The van der Waals surface area contributed by atoms with E-state index in [4.69, 9.17) is 0 Å². The standard InChI is InChI=1S/C23H25N5OS.ClH/c29-23(27-21(18-7-4-10-24-18)16-5-2-1-3-6-16)20-15-28(13-14-30-20)19-9-12-26-22-17(19)8-11-25-22;/h1-3,5-6,8-9,11-12,15,18,21,24H,4,7,10,13-14H2,(H,25,26)(H,27,29);1H/t18-,21?;/m1./s1. The van der Waals surface area contributed by atoms with E-state index in [1.807, 2.05) is 42.7 Å².